The molecule has 1 fully saturated rings. The Bertz CT molecular complexity index is 1250. The van der Waals surface area contributed by atoms with Crippen molar-refractivity contribution in [3.05, 3.63) is 66.9 Å². The molecule has 8 heteroatoms. The zero-order valence-corrected chi connectivity index (χ0v) is 19.7. The molecule has 2 aromatic heterocycles. The standard InChI is InChI=1S/C26H31N7O/c1-19(34)30-21-6-8-22(9-7-21)33-13-12-31(2)16-24(33)5-3-4-20-15-27-26-11-10-23(14-25(20)26)32-17-28-29-18-32/h6-11,14-15,17-18,24,27H,3-5,12-13,16H2,1-2H3,(H,30,34). The molecule has 1 atom stereocenters. The molecule has 3 heterocycles. The van der Waals surface area contributed by atoms with Gasteiger partial charge < -0.3 is 20.1 Å². The zero-order chi connectivity index (χ0) is 23.5. The number of piperazine rings is 1. The van der Waals surface area contributed by atoms with E-state index in [9.17, 15) is 4.79 Å². The number of nitrogens with zero attached hydrogens (tertiary/aromatic N) is 5. The Hall–Kier alpha value is -3.65. The van der Waals surface area contributed by atoms with Crippen LogP contribution in [0.15, 0.2) is 61.3 Å². The molecule has 34 heavy (non-hydrogen) atoms. The summed E-state index contributed by atoms with van der Waals surface area (Å²) in [5, 5.41) is 12.0. The van der Waals surface area contributed by atoms with Gasteiger partial charge in [0, 0.05) is 66.8 Å². The van der Waals surface area contributed by atoms with Gasteiger partial charge in [0.1, 0.15) is 12.7 Å². The van der Waals surface area contributed by atoms with Gasteiger partial charge in [-0.1, -0.05) is 0 Å². The van der Waals surface area contributed by atoms with Crippen LogP contribution in [-0.2, 0) is 11.2 Å². The lowest BCUT2D eigenvalue weighted by Crippen LogP contribution is -2.52. The van der Waals surface area contributed by atoms with E-state index in [0.717, 1.165) is 55.8 Å². The van der Waals surface area contributed by atoms with Gasteiger partial charge in [-0.2, -0.15) is 0 Å². The first-order chi connectivity index (χ1) is 16.6. The first-order valence-electron chi connectivity index (χ1n) is 11.8. The summed E-state index contributed by atoms with van der Waals surface area (Å²) in [5.41, 5.74) is 5.64. The number of nitrogens with one attached hydrogen (secondary N) is 2. The number of amides is 1. The third-order valence-corrected chi connectivity index (χ3v) is 6.66. The lowest BCUT2D eigenvalue weighted by Gasteiger charge is -2.42. The Balaban J connectivity index is 1.27. The van der Waals surface area contributed by atoms with E-state index >= 15 is 0 Å². The largest absolute Gasteiger partial charge is 0.366 e. The van der Waals surface area contributed by atoms with Gasteiger partial charge in [-0.25, -0.2) is 0 Å². The minimum Gasteiger partial charge on any atom is -0.366 e. The maximum absolute atomic E-state index is 11.3. The molecule has 0 saturated carbocycles. The minimum atomic E-state index is -0.0451. The molecular weight excluding hydrogens is 426 g/mol. The molecule has 176 valence electrons. The molecule has 1 aliphatic rings. The predicted octanol–water partition coefficient (Wildman–Crippen LogP) is 3.85. The fraction of sp³-hybridized carbons (Fsp3) is 0.346. The Morgan fingerprint density at radius 3 is 2.62 bits per heavy atom. The van der Waals surface area contributed by atoms with E-state index < -0.39 is 0 Å². The maximum atomic E-state index is 11.3. The molecule has 1 unspecified atom stereocenters. The Morgan fingerprint density at radius 2 is 1.85 bits per heavy atom. The van der Waals surface area contributed by atoms with E-state index in [2.05, 4.69) is 73.9 Å². The quantitative estimate of drug-likeness (QED) is 0.441. The van der Waals surface area contributed by atoms with Gasteiger partial charge in [0.25, 0.3) is 0 Å². The summed E-state index contributed by atoms with van der Waals surface area (Å²) in [7, 11) is 2.20. The molecule has 0 radical (unpaired) electrons. The highest BCUT2D eigenvalue weighted by Crippen LogP contribution is 2.27. The number of benzene rings is 2. The van der Waals surface area contributed by atoms with Crippen molar-refractivity contribution in [2.24, 2.45) is 0 Å². The SMILES string of the molecule is CC(=O)Nc1ccc(N2CCN(C)CC2CCCc2c[nH]c3ccc(-n4cnnc4)cc23)cc1. The van der Waals surface area contributed by atoms with Crippen molar-refractivity contribution in [1.29, 1.82) is 0 Å². The van der Waals surface area contributed by atoms with Crippen LogP contribution in [0.3, 0.4) is 0 Å². The molecule has 1 aliphatic heterocycles. The molecule has 2 aromatic carbocycles. The molecule has 1 saturated heterocycles. The van der Waals surface area contributed by atoms with Crippen molar-refractivity contribution in [3.63, 3.8) is 0 Å². The van der Waals surface area contributed by atoms with Crippen molar-refractivity contribution in [1.82, 2.24) is 24.6 Å². The Morgan fingerprint density at radius 1 is 1.09 bits per heavy atom. The van der Waals surface area contributed by atoms with Crippen LogP contribution in [-0.4, -0.2) is 63.3 Å². The number of hydrogen-bond acceptors (Lipinski definition) is 5. The fourth-order valence-corrected chi connectivity index (χ4v) is 4.93. The second kappa shape index (κ2) is 9.69. The zero-order valence-electron chi connectivity index (χ0n) is 19.7. The molecule has 2 N–H and O–H groups in total. The first-order valence-corrected chi connectivity index (χ1v) is 11.8. The van der Waals surface area contributed by atoms with Crippen LogP contribution >= 0.6 is 0 Å². The number of aromatic amines is 1. The van der Waals surface area contributed by atoms with Crippen LogP contribution in [0.25, 0.3) is 16.6 Å². The van der Waals surface area contributed by atoms with Crippen molar-refractivity contribution in [2.75, 3.05) is 36.9 Å². The van der Waals surface area contributed by atoms with Crippen molar-refractivity contribution in [3.8, 4) is 5.69 Å². The Kier molecular flexibility index (Phi) is 6.31. The summed E-state index contributed by atoms with van der Waals surface area (Å²) >= 11 is 0. The van der Waals surface area contributed by atoms with Gasteiger partial charge in [-0.05, 0) is 74.3 Å². The predicted molar refractivity (Wildman–Crippen MR) is 136 cm³/mol. The van der Waals surface area contributed by atoms with Crippen LogP contribution in [0.2, 0.25) is 0 Å². The van der Waals surface area contributed by atoms with Crippen molar-refractivity contribution >= 4 is 28.2 Å². The van der Waals surface area contributed by atoms with Crippen LogP contribution in [0.5, 0.6) is 0 Å². The average molecular weight is 458 g/mol. The van der Waals surface area contributed by atoms with Gasteiger partial charge in [-0.15, -0.1) is 10.2 Å². The number of hydrogen-bond donors (Lipinski definition) is 2. The number of likely N-dealkylation sites (N-methyl/N-ethyl adjacent to an activating group) is 1. The van der Waals surface area contributed by atoms with Crippen molar-refractivity contribution in [2.45, 2.75) is 32.2 Å². The molecule has 0 spiro atoms. The van der Waals surface area contributed by atoms with E-state index in [1.54, 1.807) is 12.7 Å². The fourth-order valence-electron chi connectivity index (χ4n) is 4.93. The molecular formula is C26H31N7O. The molecule has 0 bridgehead atoms. The summed E-state index contributed by atoms with van der Waals surface area (Å²) in [6.45, 7) is 4.65. The summed E-state index contributed by atoms with van der Waals surface area (Å²) in [5.74, 6) is -0.0451. The third-order valence-electron chi connectivity index (χ3n) is 6.66. The summed E-state index contributed by atoms with van der Waals surface area (Å²) in [4.78, 5) is 19.7. The summed E-state index contributed by atoms with van der Waals surface area (Å²) in [6, 6.07) is 15.1. The number of carbonyl (C=O) groups is 1. The summed E-state index contributed by atoms with van der Waals surface area (Å²) < 4.78 is 1.93. The van der Waals surface area contributed by atoms with Crippen LogP contribution < -0.4 is 10.2 Å². The minimum absolute atomic E-state index is 0.0451. The highest BCUT2D eigenvalue weighted by Gasteiger charge is 2.25. The van der Waals surface area contributed by atoms with Gasteiger partial charge in [0.15, 0.2) is 0 Å². The third kappa shape index (κ3) is 4.82. The monoisotopic (exact) mass is 457 g/mol. The lowest BCUT2D eigenvalue weighted by atomic mass is 10.0. The smallest absolute Gasteiger partial charge is 0.221 e. The van der Waals surface area contributed by atoms with Crippen LogP contribution in [0, 0.1) is 0 Å². The van der Waals surface area contributed by atoms with Crippen molar-refractivity contribution < 1.29 is 4.79 Å². The molecule has 4 aromatic rings. The highest BCUT2D eigenvalue weighted by molar-refractivity contribution is 5.88. The molecule has 8 nitrogen and oxygen atoms in total. The number of H-pyrrole nitrogens is 1. The average Bonchev–Trinajstić information content (AvgIpc) is 3.50. The number of carbonyl (C=O) groups excluding carboxylic acids is 1. The number of anilines is 2. The molecule has 5 rings (SSSR count). The molecule has 1 amide bonds. The van der Waals surface area contributed by atoms with E-state index in [1.807, 2.05) is 16.7 Å². The van der Waals surface area contributed by atoms with Crippen LogP contribution in [0.1, 0.15) is 25.3 Å². The highest BCUT2D eigenvalue weighted by atomic mass is 16.1. The van der Waals surface area contributed by atoms with Gasteiger partial charge in [0.2, 0.25) is 5.91 Å². The number of aromatic nitrogens is 4. The maximum Gasteiger partial charge on any atom is 0.221 e. The Labute approximate surface area is 199 Å². The number of rotatable bonds is 7. The first kappa shape index (κ1) is 22.2. The topological polar surface area (TPSA) is 82.1 Å². The van der Waals surface area contributed by atoms with E-state index in [4.69, 9.17) is 0 Å². The second-order valence-electron chi connectivity index (χ2n) is 9.14. The number of aryl methyl sites for hydroxylation is 1. The van der Waals surface area contributed by atoms with Gasteiger partial charge >= 0.3 is 0 Å². The molecule has 0 aliphatic carbocycles. The van der Waals surface area contributed by atoms with Gasteiger partial charge in [-0.3, -0.25) is 9.36 Å². The van der Waals surface area contributed by atoms with Gasteiger partial charge in [0.05, 0.1) is 0 Å². The lowest BCUT2D eigenvalue weighted by molar-refractivity contribution is -0.114. The second-order valence-corrected chi connectivity index (χ2v) is 9.14. The normalized spacial score (nSPS) is 16.8. The number of fused-ring (bicyclic) bond motifs is 1. The van der Waals surface area contributed by atoms with E-state index in [-0.39, 0.29) is 5.91 Å². The van der Waals surface area contributed by atoms with Crippen LogP contribution in [0.4, 0.5) is 11.4 Å². The summed E-state index contributed by atoms with van der Waals surface area (Å²) in [6.07, 6.45) is 8.86. The van der Waals surface area contributed by atoms with E-state index in [0.29, 0.717) is 6.04 Å². The van der Waals surface area contributed by atoms with E-state index in [1.165, 1.54) is 23.6 Å².